The Morgan fingerprint density at radius 1 is 1.53 bits per heavy atom. The zero-order valence-corrected chi connectivity index (χ0v) is 10.4. The van der Waals surface area contributed by atoms with Crippen LogP contribution in [0.5, 0.6) is 0 Å². The van der Waals surface area contributed by atoms with Gasteiger partial charge in [-0.1, -0.05) is 19.1 Å². The molecule has 0 aliphatic heterocycles. The average Bonchev–Trinajstić information content (AvgIpc) is 2.28. The third-order valence-corrected chi connectivity index (χ3v) is 2.65. The minimum Gasteiger partial charge on any atom is -0.468 e. The summed E-state index contributed by atoms with van der Waals surface area (Å²) < 4.78 is 17.8. The lowest BCUT2D eigenvalue weighted by Crippen LogP contribution is -2.51. The van der Waals surface area contributed by atoms with E-state index in [1.165, 1.54) is 19.2 Å². The van der Waals surface area contributed by atoms with Gasteiger partial charge in [-0.3, -0.25) is 4.79 Å². The Hall–Kier alpha value is -1.42. The molecule has 0 saturated carbocycles. The van der Waals surface area contributed by atoms with Gasteiger partial charge in [0.05, 0.1) is 7.11 Å². The smallest absolute Gasteiger partial charge is 0.326 e. The number of esters is 1. The van der Waals surface area contributed by atoms with Gasteiger partial charge < -0.3 is 10.1 Å². The van der Waals surface area contributed by atoms with E-state index < -0.39 is 5.54 Å². The topological polar surface area (TPSA) is 38.3 Å². The Morgan fingerprint density at radius 3 is 2.76 bits per heavy atom. The van der Waals surface area contributed by atoms with Gasteiger partial charge in [0.2, 0.25) is 0 Å². The second kappa shape index (κ2) is 5.77. The maximum atomic E-state index is 13.1. The molecule has 17 heavy (non-hydrogen) atoms. The second-order valence-electron chi connectivity index (χ2n) is 4.16. The van der Waals surface area contributed by atoms with E-state index in [-0.39, 0.29) is 11.8 Å². The maximum absolute atomic E-state index is 13.1. The van der Waals surface area contributed by atoms with E-state index in [4.69, 9.17) is 4.74 Å². The Kier molecular flexibility index (Phi) is 4.63. The molecule has 0 aromatic heterocycles. The van der Waals surface area contributed by atoms with Crippen LogP contribution < -0.4 is 5.32 Å². The second-order valence-corrected chi connectivity index (χ2v) is 4.16. The highest BCUT2D eigenvalue weighted by molar-refractivity contribution is 5.80. The Balaban J connectivity index is 2.90. The molecule has 4 heteroatoms. The molecule has 94 valence electrons. The predicted molar refractivity (Wildman–Crippen MR) is 64.2 cm³/mol. The number of benzene rings is 1. The van der Waals surface area contributed by atoms with Crippen LogP contribution in [0.1, 0.15) is 19.4 Å². The lowest BCUT2D eigenvalue weighted by Gasteiger charge is -2.27. The van der Waals surface area contributed by atoms with Gasteiger partial charge in [0.1, 0.15) is 11.4 Å². The Labute approximate surface area is 101 Å². The number of nitrogens with one attached hydrogen (secondary N) is 1. The number of rotatable bonds is 5. The molecule has 1 rings (SSSR count). The minimum absolute atomic E-state index is 0.300. The molecule has 0 amide bonds. The molecule has 0 radical (unpaired) electrons. The summed E-state index contributed by atoms with van der Waals surface area (Å²) in [6.07, 6.45) is 0.394. The summed E-state index contributed by atoms with van der Waals surface area (Å²) >= 11 is 0. The van der Waals surface area contributed by atoms with E-state index in [1.807, 2.05) is 6.92 Å². The fourth-order valence-corrected chi connectivity index (χ4v) is 1.88. The summed E-state index contributed by atoms with van der Waals surface area (Å²) in [4.78, 5) is 11.7. The summed E-state index contributed by atoms with van der Waals surface area (Å²) in [6, 6.07) is 6.24. The molecule has 0 aliphatic carbocycles. The molecule has 1 N–H and O–H groups in total. The number of carbonyl (C=O) groups is 1. The predicted octanol–water partition coefficient (Wildman–Crippen LogP) is 1.91. The largest absolute Gasteiger partial charge is 0.468 e. The minimum atomic E-state index is -0.822. The average molecular weight is 239 g/mol. The fourth-order valence-electron chi connectivity index (χ4n) is 1.88. The quantitative estimate of drug-likeness (QED) is 0.798. The fraction of sp³-hybridized carbons (Fsp3) is 0.462. The summed E-state index contributed by atoms with van der Waals surface area (Å²) in [7, 11) is 1.35. The Morgan fingerprint density at radius 2 is 2.24 bits per heavy atom. The van der Waals surface area contributed by atoms with Crippen LogP contribution in [-0.2, 0) is 16.0 Å². The van der Waals surface area contributed by atoms with Crippen LogP contribution in [-0.4, -0.2) is 25.2 Å². The van der Waals surface area contributed by atoms with E-state index in [0.29, 0.717) is 13.0 Å². The SMILES string of the molecule is CCNC(C)(Cc1cccc(F)c1)C(=O)OC. The van der Waals surface area contributed by atoms with E-state index in [2.05, 4.69) is 5.32 Å². The van der Waals surface area contributed by atoms with Crippen molar-refractivity contribution in [2.75, 3.05) is 13.7 Å². The van der Waals surface area contributed by atoms with Crippen LogP contribution in [0.15, 0.2) is 24.3 Å². The molecule has 0 bridgehead atoms. The first kappa shape index (κ1) is 13.6. The number of carbonyl (C=O) groups excluding carboxylic acids is 1. The molecular weight excluding hydrogens is 221 g/mol. The van der Waals surface area contributed by atoms with Crippen LogP contribution in [0.2, 0.25) is 0 Å². The van der Waals surface area contributed by atoms with Crippen molar-refractivity contribution in [1.29, 1.82) is 0 Å². The number of hydrogen-bond acceptors (Lipinski definition) is 3. The number of methoxy groups -OCH3 is 1. The zero-order valence-electron chi connectivity index (χ0n) is 10.4. The summed E-state index contributed by atoms with van der Waals surface area (Å²) in [5.74, 6) is -0.644. The molecule has 0 spiro atoms. The van der Waals surface area contributed by atoms with Gasteiger partial charge in [0.15, 0.2) is 0 Å². The number of likely N-dealkylation sites (N-methyl/N-ethyl adjacent to an activating group) is 1. The molecular formula is C13H18FNO2. The van der Waals surface area contributed by atoms with E-state index >= 15 is 0 Å². The van der Waals surface area contributed by atoms with Crippen molar-refractivity contribution in [3.05, 3.63) is 35.6 Å². The van der Waals surface area contributed by atoms with Crippen molar-refractivity contribution in [2.24, 2.45) is 0 Å². The highest BCUT2D eigenvalue weighted by atomic mass is 19.1. The van der Waals surface area contributed by atoms with E-state index in [9.17, 15) is 9.18 Å². The lowest BCUT2D eigenvalue weighted by molar-refractivity contribution is -0.147. The standard InChI is InChI=1S/C13H18FNO2/c1-4-15-13(2,12(16)17-3)9-10-6-5-7-11(14)8-10/h5-8,15H,4,9H2,1-3H3. The molecule has 1 atom stereocenters. The van der Waals surface area contributed by atoms with Crippen LogP contribution in [0.4, 0.5) is 4.39 Å². The summed E-state index contributed by atoms with van der Waals surface area (Å²) in [6.45, 7) is 4.31. The lowest BCUT2D eigenvalue weighted by atomic mass is 9.92. The van der Waals surface area contributed by atoms with Gasteiger partial charge in [-0.05, 0) is 31.2 Å². The summed E-state index contributed by atoms with van der Waals surface area (Å²) in [5.41, 5.74) is -0.0593. The summed E-state index contributed by atoms with van der Waals surface area (Å²) in [5, 5.41) is 3.08. The molecule has 0 fully saturated rings. The molecule has 0 heterocycles. The zero-order chi connectivity index (χ0) is 12.9. The van der Waals surface area contributed by atoms with Gasteiger partial charge in [-0.15, -0.1) is 0 Å². The van der Waals surface area contributed by atoms with E-state index in [1.54, 1.807) is 19.1 Å². The van der Waals surface area contributed by atoms with Gasteiger partial charge >= 0.3 is 5.97 Å². The van der Waals surface area contributed by atoms with Gasteiger partial charge in [-0.25, -0.2) is 4.39 Å². The molecule has 3 nitrogen and oxygen atoms in total. The van der Waals surface area contributed by atoms with Gasteiger partial charge in [0, 0.05) is 6.42 Å². The normalized spacial score (nSPS) is 14.1. The van der Waals surface area contributed by atoms with Gasteiger partial charge in [0.25, 0.3) is 0 Å². The first-order chi connectivity index (χ1) is 8.01. The van der Waals surface area contributed by atoms with E-state index in [0.717, 1.165) is 5.56 Å². The van der Waals surface area contributed by atoms with Gasteiger partial charge in [-0.2, -0.15) is 0 Å². The highest BCUT2D eigenvalue weighted by Crippen LogP contribution is 2.16. The molecule has 1 unspecified atom stereocenters. The maximum Gasteiger partial charge on any atom is 0.326 e. The van der Waals surface area contributed by atoms with Crippen LogP contribution in [0.3, 0.4) is 0 Å². The van der Waals surface area contributed by atoms with Crippen molar-refractivity contribution >= 4 is 5.97 Å². The number of hydrogen-bond donors (Lipinski definition) is 1. The first-order valence-electron chi connectivity index (χ1n) is 5.59. The van der Waals surface area contributed by atoms with Crippen molar-refractivity contribution in [1.82, 2.24) is 5.32 Å². The molecule has 0 saturated heterocycles. The van der Waals surface area contributed by atoms with Crippen LogP contribution in [0.25, 0.3) is 0 Å². The Bertz CT molecular complexity index is 395. The highest BCUT2D eigenvalue weighted by Gasteiger charge is 2.33. The molecule has 1 aromatic carbocycles. The molecule has 0 aliphatic rings. The van der Waals surface area contributed by atoms with Crippen molar-refractivity contribution < 1.29 is 13.9 Å². The monoisotopic (exact) mass is 239 g/mol. The van der Waals surface area contributed by atoms with Crippen molar-refractivity contribution in [3.63, 3.8) is 0 Å². The van der Waals surface area contributed by atoms with Crippen molar-refractivity contribution in [2.45, 2.75) is 25.8 Å². The van der Waals surface area contributed by atoms with Crippen molar-refractivity contribution in [3.8, 4) is 0 Å². The third kappa shape index (κ3) is 3.53. The number of halogens is 1. The first-order valence-corrected chi connectivity index (χ1v) is 5.59. The number of ether oxygens (including phenoxy) is 1. The molecule has 1 aromatic rings. The third-order valence-electron chi connectivity index (χ3n) is 2.65. The van der Waals surface area contributed by atoms with Crippen LogP contribution >= 0.6 is 0 Å². The van der Waals surface area contributed by atoms with Crippen LogP contribution in [0, 0.1) is 5.82 Å².